The van der Waals surface area contributed by atoms with Crippen LogP contribution < -0.4 is 0 Å². The van der Waals surface area contributed by atoms with Gasteiger partial charge in [-0.1, -0.05) is 20.8 Å². The minimum Gasteiger partial charge on any atom is -0.294 e. The van der Waals surface area contributed by atoms with Crippen LogP contribution in [0.5, 0.6) is 0 Å². The highest BCUT2D eigenvalue weighted by molar-refractivity contribution is 7.98. The van der Waals surface area contributed by atoms with E-state index in [1.807, 2.05) is 20.8 Å². The summed E-state index contributed by atoms with van der Waals surface area (Å²) in [4.78, 5) is 11.7. The zero-order chi connectivity index (χ0) is 10.9. The van der Waals surface area contributed by atoms with Crippen LogP contribution in [0.1, 0.15) is 41.5 Å². The predicted molar refractivity (Wildman–Crippen MR) is 62.4 cm³/mol. The third-order valence-electron chi connectivity index (χ3n) is 2.23. The van der Waals surface area contributed by atoms with Crippen molar-refractivity contribution in [2.24, 2.45) is 5.41 Å². The lowest BCUT2D eigenvalue weighted by atomic mass is 9.92. The first-order chi connectivity index (χ1) is 5.55. The molecule has 0 saturated heterocycles. The molecule has 0 aromatic heterocycles. The van der Waals surface area contributed by atoms with Crippen molar-refractivity contribution in [3.8, 4) is 0 Å². The second-order valence-corrected chi connectivity index (χ2v) is 8.35. The van der Waals surface area contributed by atoms with Gasteiger partial charge in [0.1, 0.15) is 4.75 Å². The summed E-state index contributed by atoms with van der Waals surface area (Å²) in [6.45, 7) is 12.6. The fourth-order valence-electron chi connectivity index (χ4n) is 0.630. The number of hydrogen-bond donors (Lipinski definition) is 0. The van der Waals surface area contributed by atoms with E-state index in [1.165, 1.54) is 0 Å². The van der Waals surface area contributed by atoms with Gasteiger partial charge in [0.25, 0.3) is 0 Å². The third-order valence-corrected chi connectivity index (χ3v) is 5.02. The van der Waals surface area contributed by atoms with Gasteiger partial charge in [0.15, 0.2) is 11.5 Å². The average Bonchev–Trinajstić information content (AvgIpc) is 1.82. The Kier molecular flexibility index (Phi) is 4.04. The quantitative estimate of drug-likeness (QED) is 0.631. The zero-order valence-corrected chi connectivity index (χ0v) is 10.8. The Morgan fingerprint density at radius 2 is 1.46 bits per heavy atom. The molecule has 2 heteroatoms. The van der Waals surface area contributed by atoms with Crippen molar-refractivity contribution >= 4 is 16.7 Å². The molecule has 78 valence electrons. The molecule has 0 aliphatic carbocycles. The molecule has 1 atom stereocenters. The van der Waals surface area contributed by atoms with Crippen LogP contribution in [0.25, 0.3) is 0 Å². The number of ketones is 1. The first-order valence-corrected chi connectivity index (χ1v) is 6.51. The highest BCUT2D eigenvalue weighted by Crippen LogP contribution is 2.21. The molecule has 0 saturated carbocycles. The summed E-state index contributed by atoms with van der Waals surface area (Å²) in [5.41, 5.74) is -0.174. The van der Waals surface area contributed by atoms with Crippen LogP contribution in [-0.4, -0.2) is 22.5 Å². The molecule has 0 heterocycles. The molecule has 0 rings (SSSR count). The van der Waals surface area contributed by atoms with Gasteiger partial charge in [-0.05, 0) is 31.7 Å². The Morgan fingerprint density at radius 1 is 1.08 bits per heavy atom. The Morgan fingerprint density at radius 3 is 1.69 bits per heavy atom. The monoisotopic (exact) mass is 203 g/mol. The number of carbonyl (C=O) groups is 1. The van der Waals surface area contributed by atoms with Crippen LogP contribution in [0, 0.1) is 5.41 Å². The molecule has 0 aromatic carbocycles. The molecular weight excluding hydrogens is 180 g/mol. The molecule has 0 N–H and O–H groups in total. The minimum atomic E-state index is -0.174. The standard InChI is InChI=1S/C11H23OS/c1-10(2,3)9(12)8-13(7)11(4,5)6/h8H2,1-7H3/q+1. The number of rotatable bonds is 2. The van der Waals surface area contributed by atoms with Crippen molar-refractivity contribution in [2.75, 3.05) is 12.0 Å². The Bertz CT molecular complexity index is 183. The Labute approximate surface area is 85.6 Å². The van der Waals surface area contributed by atoms with E-state index >= 15 is 0 Å². The van der Waals surface area contributed by atoms with E-state index in [0.29, 0.717) is 5.78 Å². The molecule has 0 fully saturated rings. The number of Topliss-reactive ketones (excluding diaryl/α,β-unsaturated/α-hetero) is 1. The zero-order valence-electron chi connectivity index (χ0n) is 10.0. The van der Waals surface area contributed by atoms with Crippen LogP contribution in [0.2, 0.25) is 0 Å². The van der Waals surface area contributed by atoms with Gasteiger partial charge in [0.2, 0.25) is 0 Å². The molecule has 0 spiro atoms. The lowest BCUT2D eigenvalue weighted by Crippen LogP contribution is -2.36. The van der Waals surface area contributed by atoms with Crippen LogP contribution in [-0.2, 0) is 15.7 Å². The van der Waals surface area contributed by atoms with Gasteiger partial charge < -0.3 is 0 Å². The molecular formula is C11H23OS+. The van der Waals surface area contributed by atoms with Gasteiger partial charge in [-0.15, -0.1) is 0 Å². The van der Waals surface area contributed by atoms with E-state index in [0.717, 1.165) is 5.75 Å². The van der Waals surface area contributed by atoms with E-state index in [9.17, 15) is 4.79 Å². The van der Waals surface area contributed by atoms with Gasteiger partial charge in [-0.25, -0.2) is 0 Å². The lowest BCUT2D eigenvalue weighted by Gasteiger charge is -2.21. The Hall–Kier alpha value is 0.0200. The smallest absolute Gasteiger partial charge is 0.187 e. The average molecular weight is 203 g/mol. The van der Waals surface area contributed by atoms with Crippen molar-refractivity contribution in [3.63, 3.8) is 0 Å². The van der Waals surface area contributed by atoms with Crippen molar-refractivity contribution in [3.05, 3.63) is 0 Å². The van der Waals surface area contributed by atoms with Crippen molar-refractivity contribution in [1.29, 1.82) is 0 Å². The van der Waals surface area contributed by atoms with Crippen LogP contribution in [0.4, 0.5) is 0 Å². The predicted octanol–water partition coefficient (Wildman–Crippen LogP) is 2.65. The highest BCUT2D eigenvalue weighted by Gasteiger charge is 2.35. The van der Waals surface area contributed by atoms with Crippen molar-refractivity contribution in [1.82, 2.24) is 0 Å². The first kappa shape index (κ1) is 13.0. The molecule has 1 unspecified atom stereocenters. The largest absolute Gasteiger partial charge is 0.294 e. The second-order valence-electron chi connectivity index (χ2n) is 5.57. The maximum absolute atomic E-state index is 11.7. The topological polar surface area (TPSA) is 17.1 Å². The maximum Gasteiger partial charge on any atom is 0.187 e. The van der Waals surface area contributed by atoms with E-state index in [-0.39, 0.29) is 21.1 Å². The highest BCUT2D eigenvalue weighted by atomic mass is 32.2. The van der Waals surface area contributed by atoms with Gasteiger partial charge >= 0.3 is 0 Å². The molecule has 0 radical (unpaired) electrons. The summed E-state index contributed by atoms with van der Waals surface area (Å²) in [7, 11) is 0.187. The summed E-state index contributed by atoms with van der Waals surface area (Å²) in [6.07, 6.45) is 2.18. The summed E-state index contributed by atoms with van der Waals surface area (Å²) in [5, 5.41) is 0. The van der Waals surface area contributed by atoms with Crippen LogP contribution in [0.3, 0.4) is 0 Å². The number of carbonyl (C=O) groups excluding carboxylic acids is 1. The SMILES string of the molecule is C[S+](CC(=O)C(C)(C)C)C(C)(C)C. The van der Waals surface area contributed by atoms with Gasteiger partial charge in [0.05, 0.1) is 6.26 Å². The third kappa shape index (κ3) is 4.70. The minimum absolute atomic E-state index is 0.174. The summed E-state index contributed by atoms with van der Waals surface area (Å²) in [5.74, 6) is 1.11. The molecule has 0 aromatic rings. The molecule has 0 bridgehead atoms. The van der Waals surface area contributed by atoms with Crippen LogP contribution >= 0.6 is 0 Å². The summed E-state index contributed by atoms with van der Waals surface area (Å²) in [6, 6.07) is 0. The Balaban J connectivity index is 4.24. The summed E-state index contributed by atoms with van der Waals surface area (Å²) < 4.78 is 0.265. The van der Waals surface area contributed by atoms with E-state index in [2.05, 4.69) is 27.0 Å². The van der Waals surface area contributed by atoms with E-state index in [4.69, 9.17) is 0 Å². The van der Waals surface area contributed by atoms with E-state index in [1.54, 1.807) is 0 Å². The molecule has 13 heavy (non-hydrogen) atoms. The molecule has 0 amide bonds. The lowest BCUT2D eigenvalue weighted by molar-refractivity contribution is -0.123. The van der Waals surface area contributed by atoms with Crippen LogP contribution in [0.15, 0.2) is 0 Å². The van der Waals surface area contributed by atoms with Gasteiger partial charge in [0, 0.05) is 5.41 Å². The maximum atomic E-state index is 11.7. The van der Waals surface area contributed by atoms with Gasteiger partial charge in [-0.2, -0.15) is 0 Å². The van der Waals surface area contributed by atoms with E-state index < -0.39 is 0 Å². The number of hydrogen-bond acceptors (Lipinski definition) is 1. The summed E-state index contributed by atoms with van der Waals surface area (Å²) >= 11 is 0. The van der Waals surface area contributed by atoms with Gasteiger partial charge in [-0.3, -0.25) is 4.79 Å². The fraction of sp³-hybridized carbons (Fsp3) is 0.909. The van der Waals surface area contributed by atoms with Crippen molar-refractivity contribution < 1.29 is 4.79 Å². The fourth-order valence-corrected chi connectivity index (χ4v) is 1.89. The molecule has 0 aliphatic heterocycles. The second kappa shape index (κ2) is 4.04. The molecule has 0 aliphatic rings. The molecule has 1 nitrogen and oxygen atoms in total. The first-order valence-electron chi connectivity index (χ1n) is 4.71. The van der Waals surface area contributed by atoms with Crippen molar-refractivity contribution in [2.45, 2.75) is 46.3 Å². The normalized spacial score (nSPS) is 15.6.